The average Bonchev–Trinajstić information content (AvgIpc) is 0.811. The third-order valence-corrected chi connectivity index (χ3v) is 0. The molecule has 5 nitrogen and oxygen atoms in total. The van der Waals surface area contributed by atoms with Crippen molar-refractivity contribution in [3.63, 3.8) is 0 Å². The maximum Gasteiger partial charge on any atom is 0.503 e. The molecule has 0 bridgehead atoms. The summed E-state index contributed by atoms with van der Waals surface area (Å²) in [5.41, 5.74) is 0. The van der Waals surface area contributed by atoms with Crippen LogP contribution in [0.3, 0.4) is 0 Å². The van der Waals surface area contributed by atoms with E-state index in [-0.39, 0.29) is 43.9 Å². The van der Waals surface area contributed by atoms with Crippen molar-refractivity contribution in [1.82, 2.24) is 0 Å². The van der Waals surface area contributed by atoms with E-state index in [4.69, 9.17) is 15.0 Å². The molecule has 0 aromatic heterocycles. The molecule has 6 N–H and O–H groups in total. The van der Waals surface area contributed by atoms with Crippen molar-refractivity contribution >= 4 is 6.16 Å². The monoisotopic (exact) mass is 214 g/mol. The quantitative estimate of drug-likeness (QED) is 0.482. The summed E-state index contributed by atoms with van der Waals surface area (Å²) in [7, 11) is 0. The number of hydrogen-bond acceptors (Lipinski definition) is 1. The average molecular weight is 215 g/mol. The van der Waals surface area contributed by atoms with Crippen LogP contribution in [0.1, 0.15) is 0 Å². The van der Waals surface area contributed by atoms with E-state index in [1.54, 1.807) is 0 Å². The van der Waals surface area contributed by atoms with E-state index < -0.39 is 6.16 Å². The van der Waals surface area contributed by atoms with E-state index in [0.29, 0.717) is 0 Å². The Morgan fingerprint density at radius 1 is 1.00 bits per heavy atom. The smallest absolute Gasteiger partial charge is 0.450 e. The predicted molar refractivity (Wildman–Crippen MR) is 17.9 cm³/mol. The molecule has 0 amide bonds. The van der Waals surface area contributed by atoms with Crippen molar-refractivity contribution in [2.45, 2.75) is 0 Å². The molecule has 0 aliphatic heterocycles. The molecule has 0 radical (unpaired) electrons. The van der Waals surface area contributed by atoms with Gasteiger partial charge in [0, 0.05) is 33.0 Å². The molecule has 0 aromatic carbocycles. The molecule has 8 heavy (non-hydrogen) atoms. The SMILES string of the molecule is O.O.O=C(O)O.[Ni].[Ni]. The van der Waals surface area contributed by atoms with E-state index >= 15 is 0 Å². The Labute approximate surface area is 65.5 Å². The molecule has 7 heteroatoms. The first-order valence-electron chi connectivity index (χ1n) is 0.651. The molecule has 0 heterocycles. The van der Waals surface area contributed by atoms with Crippen LogP contribution in [0.2, 0.25) is 0 Å². The molecule has 0 fully saturated rings. The summed E-state index contributed by atoms with van der Waals surface area (Å²) in [4.78, 5) is 8.56. The number of rotatable bonds is 0. The van der Waals surface area contributed by atoms with Crippen molar-refractivity contribution in [3.8, 4) is 0 Å². The minimum Gasteiger partial charge on any atom is -0.450 e. The number of carboxylic acid groups (broad SMARTS) is 2. The molecule has 0 rings (SSSR count). The second-order valence-corrected chi connectivity index (χ2v) is 0.283. The zero-order chi connectivity index (χ0) is 3.58. The van der Waals surface area contributed by atoms with Crippen molar-refractivity contribution < 1.29 is 58.9 Å². The van der Waals surface area contributed by atoms with Crippen molar-refractivity contribution in [3.05, 3.63) is 0 Å². The number of carbonyl (C=O) groups is 1. The van der Waals surface area contributed by atoms with Gasteiger partial charge in [0.2, 0.25) is 0 Å². The first-order valence-corrected chi connectivity index (χ1v) is 0.651. The zero-order valence-corrected chi connectivity index (χ0v) is 5.41. The normalized spacial score (nSPS) is 3.00. The first-order chi connectivity index (χ1) is 1.73. The largest absolute Gasteiger partial charge is 0.503 e. The van der Waals surface area contributed by atoms with Gasteiger partial charge in [-0.05, 0) is 0 Å². The van der Waals surface area contributed by atoms with Gasteiger partial charge < -0.3 is 21.2 Å². The Hall–Kier alpha value is 0.177. The summed E-state index contributed by atoms with van der Waals surface area (Å²) in [6.07, 6.45) is -1.83. The fourth-order valence-electron chi connectivity index (χ4n) is 0. The molecule has 0 aliphatic rings. The van der Waals surface area contributed by atoms with Gasteiger partial charge >= 0.3 is 6.16 Å². The second kappa shape index (κ2) is 27.1. The minimum absolute atomic E-state index is 0. The van der Waals surface area contributed by atoms with Gasteiger partial charge in [0.05, 0.1) is 0 Å². The molecule has 0 aliphatic carbocycles. The van der Waals surface area contributed by atoms with Gasteiger partial charge in [0.15, 0.2) is 0 Å². The molecular formula is CH6Ni2O5. The molecule has 60 valence electrons. The minimum atomic E-state index is -1.83. The van der Waals surface area contributed by atoms with Gasteiger partial charge in [-0.1, -0.05) is 0 Å². The molecular weight excluding hydrogens is 209 g/mol. The zero-order valence-electron chi connectivity index (χ0n) is 3.44. The second-order valence-electron chi connectivity index (χ2n) is 0.283. The Morgan fingerprint density at radius 3 is 1.00 bits per heavy atom. The molecule has 0 spiro atoms. The van der Waals surface area contributed by atoms with Crippen LogP contribution in [0.4, 0.5) is 4.79 Å². The van der Waals surface area contributed by atoms with Gasteiger partial charge in [0.1, 0.15) is 0 Å². The Bertz CT molecular complexity index is 33.4. The van der Waals surface area contributed by atoms with Gasteiger partial charge in [0.25, 0.3) is 0 Å². The van der Waals surface area contributed by atoms with Crippen molar-refractivity contribution in [2.24, 2.45) is 0 Å². The Kier molecular flexibility index (Phi) is 142. The molecule has 0 aromatic rings. The van der Waals surface area contributed by atoms with Crippen LogP contribution in [0.25, 0.3) is 0 Å². The Morgan fingerprint density at radius 2 is 1.00 bits per heavy atom. The summed E-state index contributed by atoms with van der Waals surface area (Å²) < 4.78 is 0. The van der Waals surface area contributed by atoms with Gasteiger partial charge in [-0.2, -0.15) is 0 Å². The van der Waals surface area contributed by atoms with E-state index in [9.17, 15) is 0 Å². The van der Waals surface area contributed by atoms with Crippen LogP contribution in [-0.4, -0.2) is 27.3 Å². The van der Waals surface area contributed by atoms with Crippen LogP contribution in [0, 0.1) is 0 Å². The van der Waals surface area contributed by atoms with E-state index in [0.717, 1.165) is 0 Å². The summed E-state index contributed by atoms with van der Waals surface area (Å²) in [5.74, 6) is 0. The summed E-state index contributed by atoms with van der Waals surface area (Å²) >= 11 is 0. The summed E-state index contributed by atoms with van der Waals surface area (Å²) in [6.45, 7) is 0. The first kappa shape index (κ1) is 41.7. The van der Waals surface area contributed by atoms with Crippen LogP contribution in [0.5, 0.6) is 0 Å². The van der Waals surface area contributed by atoms with Crippen LogP contribution in [-0.2, 0) is 33.0 Å². The Balaban J connectivity index is -0.00000000750. The van der Waals surface area contributed by atoms with Crippen molar-refractivity contribution in [1.29, 1.82) is 0 Å². The topological polar surface area (TPSA) is 121 Å². The molecule has 0 unspecified atom stereocenters. The standard InChI is InChI=1S/CH2O3.2Ni.2H2O/c2-1(3)4;;;;/h(H2,2,3,4);;;2*1H2. The van der Waals surface area contributed by atoms with Crippen LogP contribution >= 0.6 is 0 Å². The van der Waals surface area contributed by atoms with Gasteiger partial charge in [-0.3, -0.25) is 0 Å². The maximum atomic E-state index is 8.56. The molecule has 0 saturated carbocycles. The fourth-order valence-corrected chi connectivity index (χ4v) is 0. The number of hydrogen-bond donors (Lipinski definition) is 2. The van der Waals surface area contributed by atoms with E-state index in [1.807, 2.05) is 0 Å². The van der Waals surface area contributed by atoms with E-state index in [1.165, 1.54) is 0 Å². The van der Waals surface area contributed by atoms with Crippen molar-refractivity contribution in [2.75, 3.05) is 0 Å². The van der Waals surface area contributed by atoms with Crippen LogP contribution < -0.4 is 0 Å². The van der Waals surface area contributed by atoms with Gasteiger partial charge in [-0.25, -0.2) is 4.79 Å². The van der Waals surface area contributed by atoms with Gasteiger partial charge in [-0.15, -0.1) is 0 Å². The van der Waals surface area contributed by atoms with Crippen LogP contribution in [0.15, 0.2) is 0 Å². The third kappa shape index (κ3) is 5280. The van der Waals surface area contributed by atoms with E-state index in [2.05, 4.69) is 0 Å². The summed E-state index contributed by atoms with van der Waals surface area (Å²) in [5, 5.41) is 13.9. The third-order valence-electron chi connectivity index (χ3n) is 0. The molecule has 0 saturated heterocycles. The maximum absolute atomic E-state index is 8.56. The predicted octanol–water partition coefficient (Wildman–Crippen LogP) is -1.43. The fraction of sp³-hybridized carbons (Fsp3) is 0. The summed E-state index contributed by atoms with van der Waals surface area (Å²) in [6, 6.07) is 0. The molecule has 0 atom stereocenters.